The van der Waals surface area contributed by atoms with E-state index < -0.39 is 38.1 Å². The molecule has 21 heavy (non-hydrogen) atoms. The van der Waals surface area contributed by atoms with Crippen molar-refractivity contribution in [1.82, 2.24) is 9.55 Å². The summed E-state index contributed by atoms with van der Waals surface area (Å²) in [5.41, 5.74) is 3.54. The average Bonchev–Trinajstić information content (AvgIpc) is 2.61. The number of aliphatic hydroxyl groups excluding tert-OH is 1. The van der Waals surface area contributed by atoms with Crippen molar-refractivity contribution in [3.05, 3.63) is 22.7 Å². The van der Waals surface area contributed by atoms with E-state index in [-0.39, 0.29) is 12.2 Å². The summed E-state index contributed by atoms with van der Waals surface area (Å²) in [6.45, 7) is 1.05. The second kappa shape index (κ2) is 5.48. The van der Waals surface area contributed by atoms with E-state index in [0.29, 0.717) is 0 Å². The first-order valence-electron chi connectivity index (χ1n) is 6.02. The second-order valence-electron chi connectivity index (χ2n) is 4.89. The number of hydrogen-bond donors (Lipinski definition) is 4. The molecule has 0 unspecified atom stereocenters. The molecule has 0 aromatic carbocycles. The first kappa shape index (κ1) is 16.1. The maximum Gasteiger partial charge on any atom is 0.469 e. The number of hydrogen-bond acceptors (Lipinski definition) is 7. The standard InChI is InChI=1S/C10H16N3O7P/c1-10(13-3-2-8(11)12-9(13)15)4-6(14)7(20-10)5-19-21(16,17)18/h2-3,6-7,14H,4-5H2,1H3,(H2,11,12,15)(H2,16,17,18)/t6-,7+,10+/m0/s1. The van der Waals surface area contributed by atoms with Gasteiger partial charge in [0.05, 0.1) is 12.7 Å². The Labute approximate surface area is 119 Å². The molecule has 1 aromatic heterocycles. The molecule has 0 bridgehead atoms. The van der Waals surface area contributed by atoms with Gasteiger partial charge >= 0.3 is 13.5 Å². The molecular weight excluding hydrogens is 305 g/mol. The Hall–Kier alpha value is -1.29. The van der Waals surface area contributed by atoms with E-state index >= 15 is 0 Å². The van der Waals surface area contributed by atoms with Gasteiger partial charge in [-0.15, -0.1) is 0 Å². The molecule has 0 saturated carbocycles. The van der Waals surface area contributed by atoms with E-state index in [1.54, 1.807) is 6.92 Å². The fourth-order valence-corrected chi connectivity index (χ4v) is 2.56. The van der Waals surface area contributed by atoms with Crippen LogP contribution in [-0.2, 0) is 19.6 Å². The molecule has 3 atom stereocenters. The first-order chi connectivity index (χ1) is 9.61. The van der Waals surface area contributed by atoms with E-state index in [4.69, 9.17) is 20.3 Å². The summed E-state index contributed by atoms with van der Waals surface area (Å²) in [4.78, 5) is 32.7. The molecule has 1 aliphatic heterocycles. The number of aliphatic hydroxyl groups is 1. The third-order valence-corrected chi connectivity index (χ3v) is 3.65. The maximum atomic E-state index is 11.8. The highest BCUT2D eigenvalue weighted by Gasteiger charge is 2.45. The molecule has 0 spiro atoms. The zero-order valence-electron chi connectivity index (χ0n) is 11.1. The topological polar surface area (TPSA) is 157 Å². The number of rotatable bonds is 4. The van der Waals surface area contributed by atoms with Gasteiger partial charge in [0.15, 0.2) is 0 Å². The fourth-order valence-electron chi connectivity index (χ4n) is 2.22. The minimum absolute atomic E-state index is 0.0354. The number of phosphoric acid groups is 1. The number of ether oxygens (including phenoxy) is 1. The molecule has 10 nitrogen and oxygen atoms in total. The molecule has 0 radical (unpaired) electrons. The normalized spacial score (nSPS) is 29.7. The Morgan fingerprint density at radius 1 is 1.67 bits per heavy atom. The van der Waals surface area contributed by atoms with Gasteiger partial charge in [-0.05, 0) is 13.0 Å². The lowest BCUT2D eigenvalue weighted by molar-refractivity contribution is -0.106. The lowest BCUT2D eigenvalue weighted by atomic mass is 10.1. The van der Waals surface area contributed by atoms with E-state index in [2.05, 4.69) is 9.51 Å². The smallest absolute Gasteiger partial charge is 0.390 e. The van der Waals surface area contributed by atoms with Crippen molar-refractivity contribution < 1.29 is 28.7 Å². The molecule has 2 rings (SSSR count). The minimum Gasteiger partial charge on any atom is -0.390 e. The Morgan fingerprint density at radius 2 is 2.33 bits per heavy atom. The summed E-state index contributed by atoms with van der Waals surface area (Å²) in [5.74, 6) is 0.0554. The lowest BCUT2D eigenvalue weighted by Crippen LogP contribution is -2.40. The monoisotopic (exact) mass is 321 g/mol. The first-order valence-corrected chi connectivity index (χ1v) is 7.55. The van der Waals surface area contributed by atoms with Gasteiger partial charge in [0.2, 0.25) is 0 Å². The summed E-state index contributed by atoms with van der Waals surface area (Å²) in [7, 11) is -4.66. The molecule has 11 heteroatoms. The van der Waals surface area contributed by atoms with E-state index in [0.717, 1.165) is 4.57 Å². The van der Waals surface area contributed by atoms with Gasteiger partial charge in [0.25, 0.3) is 0 Å². The van der Waals surface area contributed by atoms with E-state index in [9.17, 15) is 14.5 Å². The Bertz CT molecular complexity index is 629. The predicted molar refractivity (Wildman–Crippen MR) is 70.1 cm³/mol. The number of aromatic nitrogens is 2. The molecule has 0 amide bonds. The van der Waals surface area contributed by atoms with Gasteiger partial charge in [-0.25, -0.2) is 9.36 Å². The molecule has 2 heterocycles. The van der Waals surface area contributed by atoms with E-state index in [1.807, 2.05) is 0 Å². The van der Waals surface area contributed by atoms with Crippen LogP contribution in [0.15, 0.2) is 17.1 Å². The van der Waals surface area contributed by atoms with Gasteiger partial charge in [0, 0.05) is 12.6 Å². The third kappa shape index (κ3) is 3.67. The van der Waals surface area contributed by atoms with Crippen molar-refractivity contribution in [2.75, 3.05) is 12.3 Å². The maximum absolute atomic E-state index is 11.8. The van der Waals surface area contributed by atoms with Gasteiger partial charge in [-0.3, -0.25) is 9.09 Å². The molecule has 1 aliphatic rings. The predicted octanol–water partition coefficient (Wildman–Crippen LogP) is -1.24. The van der Waals surface area contributed by atoms with Crippen molar-refractivity contribution in [3.63, 3.8) is 0 Å². The molecule has 1 aromatic rings. The molecule has 1 saturated heterocycles. The van der Waals surface area contributed by atoms with Crippen molar-refractivity contribution in [3.8, 4) is 0 Å². The van der Waals surface area contributed by atoms with Crippen LogP contribution in [0.3, 0.4) is 0 Å². The molecule has 5 N–H and O–H groups in total. The van der Waals surface area contributed by atoms with Crippen LogP contribution in [0.25, 0.3) is 0 Å². The van der Waals surface area contributed by atoms with E-state index in [1.165, 1.54) is 12.3 Å². The Morgan fingerprint density at radius 3 is 2.90 bits per heavy atom. The van der Waals surface area contributed by atoms with Crippen LogP contribution in [0.5, 0.6) is 0 Å². The highest BCUT2D eigenvalue weighted by Crippen LogP contribution is 2.39. The number of nitrogens with two attached hydrogens (primary N) is 1. The Balaban J connectivity index is 2.18. The number of anilines is 1. The number of nitrogen functional groups attached to an aromatic ring is 1. The zero-order chi connectivity index (χ0) is 15.8. The SMILES string of the molecule is C[C@]1(n2ccc(N)nc2=O)C[C@H](O)[C@@H](COP(=O)(O)O)O1. The van der Waals surface area contributed by atoms with Crippen molar-refractivity contribution >= 4 is 13.6 Å². The third-order valence-electron chi connectivity index (χ3n) is 3.16. The largest absolute Gasteiger partial charge is 0.469 e. The Kier molecular flexibility index (Phi) is 4.20. The number of phosphoric ester groups is 1. The van der Waals surface area contributed by atoms with Crippen LogP contribution in [0.1, 0.15) is 13.3 Å². The average molecular weight is 321 g/mol. The van der Waals surface area contributed by atoms with Crippen LogP contribution in [-0.4, -0.2) is 43.3 Å². The van der Waals surface area contributed by atoms with Crippen LogP contribution >= 0.6 is 7.82 Å². The summed E-state index contributed by atoms with van der Waals surface area (Å²) in [6, 6.07) is 1.40. The minimum atomic E-state index is -4.66. The molecule has 1 fully saturated rings. The molecule has 118 valence electrons. The van der Waals surface area contributed by atoms with Gasteiger partial charge in [0.1, 0.15) is 17.6 Å². The summed E-state index contributed by atoms with van der Waals surface area (Å²) >= 11 is 0. The summed E-state index contributed by atoms with van der Waals surface area (Å²) in [6.07, 6.45) is -0.616. The van der Waals surface area contributed by atoms with Gasteiger partial charge in [-0.2, -0.15) is 4.98 Å². The van der Waals surface area contributed by atoms with Crippen molar-refractivity contribution in [2.45, 2.75) is 31.3 Å². The van der Waals surface area contributed by atoms with Crippen LogP contribution in [0.2, 0.25) is 0 Å². The summed E-state index contributed by atoms with van der Waals surface area (Å²) in [5, 5.41) is 9.91. The van der Waals surface area contributed by atoms with Gasteiger partial charge in [-0.1, -0.05) is 0 Å². The quantitative estimate of drug-likeness (QED) is 0.498. The lowest BCUT2D eigenvalue weighted by Gasteiger charge is -2.26. The second-order valence-corrected chi connectivity index (χ2v) is 6.13. The van der Waals surface area contributed by atoms with Crippen molar-refractivity contribution in [1.29, 1.82) is 0 Å². The highest BCUT2D eigenvalue weighted by atomic mass is 31.2. The number of nitrogens with zero attached hydrogens (tertiary/aromatic N) is 2. The molecular formula is C10H16N3O7P. The molecule has 0 aliphatic carbocycles. The fraction of sp³-hybridized carbons (Fsp3) is 0.600. The van der Waals surface area contributed by atoms with Crippen molar-refractivity contribution in [2.24, 2.45) is 0 Å². The van der Waals surface area contributed by atoms with Crippen LogP contribution < -0.4 is 11.4 Å². The summed E-state index contributed by atoms with van der Waals surface area (Å²) < 4.78 is 21.7. The highest BCUT2D eigenvalue weighted by molar-refractivity contribution is 7.46. The van der Waals surface area contributed by atoms with Gasteiger partial charge < -0.3 is 25.4 Å². The van der Waals surface area contributed by atoms with Crippen LogP contribution in [0, 0.1) is 0 Å². The zero-order valence-corrected chi connectivity index (χ0v) is 12.0. The van der Waals surface area contributed by atoms with Crippen LogP contribution in [0.4, 0.5) is 5.82 Å².